The summed E-state index contributed by atoms with van der Waals surface area (Å²) in [7, 11) is 0. The topological polar surface area (TPSA) is 97.7 Å². The number of aryl methyl sites for hydroxylation is 2. The summed E-state index contributed by atoms with van der Waals surface area (Å²) < 4.78 is 12.7. The highest BCUT2D eigenvalue weighted by atomic mass is 35.5. The number of amides is 1. The van der Waals surface area contributed by atoms with Gasteiger partial charge in [0.15, 0.2) is 11.5 Å². The van der Waals surface area contributed by atoms with Crippen molar-refractivity contribution < 1.29 is 14.3 Å². The number of nitrogens with zero attached hydrogens (tertiary/aromatic N) is 1. The Balaban J connectivity index is 1.42. The Morgan fingerprint density at radius 3 is 2.51 bits per heavy atom. The predicted octanol–water partition coefficient (Wildman–Crippen LogP) is 4.55. The van der Waals surface area contributed by atoms with Crippen LogP contribution in [0, 0.1) is 26.7 Å². The van der Waals surface area contributed by atoms with E-state index in [2.05, 4.69) is 4.98 Å². The van der Waals surface area contributed by atoms with Gasteiger partial charge in [-0.3, -0.25) is 9.59 Å². The molecule has 1 saturated carbocycles. The van der Waals surface area contributed by atoms with Crippen LogP contribution in [0.1, 0.15) is 77.3 Å². The van der Waals surface area contributed by atoms with Crippen LogP contribution in [0.4, 0.5) is 0 Å². The Hall–Kier alpha value is -2.51. The Morgan fingerprint density at radius 1 is 1.14 bits per heavy atom. The maximum absolute atomic E-state index is 13.6. The summed E-state index contributed by atoms with van der Waals surface area (Å²) in [6.07, 6.45) is 5.52. The predicted molar refractivity (Wildman–Crippen MR) is 135 cm³/mol. The largest absolute Gasteiger partial charge is 0.448 e. The number of nitrogens with one attached hydrogen (secondary N) is 1. The minimum absolute atomic E-state index is 0.133. The van der Waals surface area contributed by atoms with Crippen LogP contribution in [0.15, 0.2) is 10.9 Å². The summed E-state index contributed by atoms with van der Waals surface area (Å²) in [5, 5.41) is 0.465. The molecule has 2 aromatic rings. The molecule has 8 heteroatoms. The molecule has 2 aliphatic heterocycles. The van der Waals surface area contributed by atoms with Gasteiger partial charge in [0.05, 0.1) is 17.1 Å². The van der Waals surface area contributed by atoms with Crippen molar-refractivity contribution >= 4 is 17.5 Å². The maximum Gasteiger partial charge on any atom is 0.254 e. The van der Waals surface area contributed by atoms with Crippen LogP contribution in [0.3, 0.4) is 0 Å². The van der Waals surface area contributed by atoms with E-state index in [9.17, 15) is 9.59 Å². The number of H-pyrrole nitrogens is 1. The number of hydrogen-bond donors (Lipinski definition) is 2. The van der Waals surface area contributed by atoms with Gasteiger partial charge in [0.1, 0.15) is 0 Å². The van der Waals surface area contributed by atoms with Gasteiger partial charge in [0, 0.05) is 42.8 Å². The molecule has 1 aromatic heterocycles. The van der Waals surface area contributed by atoms with Crippen molar-refractivity contribution in [2.75, 3.05) is 6.54 Å². The quantitative estimate of drug-likeness (QED) is 0.643. The fraction of sp³-hybridized carbons (Fsp3) is 0.556. The molecule has 1 aromatic carbocycles. The number of carbonyl (C=O) groups excluding carboxylic acids is 1. The first-order chi connectivity index (χ1) is 16.6. The van der Waals surface area contributed by atoms with E-state index in [0.29, 0.717) is 52.6 Å². The van der Waals surface area contributed by atoms with Crippen LogP contribution in [0.2, 0.25) is 5.02 Å². The standard InChI is InChI=1S/C27H34ClN3O4/c1-14-11-15(2)30-25(32)20(14)13-31-10-9-19-21(26(31)33)16(3)23-24(22(19)28)35-27(4,34-23)12-17-5-7-18(29)8-6-17/h11,17-18H,5-10,12-13,29H2,1-4H3,(H,30,32). The molecule has 3 N–H and O–H groups in total. The fourth-order valence-electron chi connectivity index (χ4n) is 5.97. The Bertz CT molecular complexity index is 1250. The van der Waals surface area contributed by atoms with Gasteiger partial charge in [0.2, 0.25) is 5.79 Å². The first-order valence-corrected chi connectivity index (χ1v) is 12.9. The number of fused-ring (bicyclic) bond motifs is 2. The van der Waals surface area contributed by atoms with E-state index in [1.54, 1.807) is 4.90 Å². The highest BCUT2D eigenvalue weighted by Crippen LogP contribution is 2.52. The molecule has 0 saturated heterocycles. The Labute approximate surface area is 210 Å². The van der Waals surface area contributed by atoms with E-state index in [1.807, 2.05) is 33.8 Å². The minimum Gasteiger partial charge on any atom is -0.448 e. The first-order valence-electron chi connectivity index (χ1n) is 12.5. The third-order valence-corrected chi connectivity index (χ3v) is 8.25. The molecule has 1 fully saturated rings. The average Bonchev–Trinajstić information content (AvgIpc) is 3.15. The number of aromatic nitrogens is 1. The molecule has 0 bridgehead atoms. The van der Waals surface area contributed by atoms with Gasteiger partial charge < -0.3 is 25.1 Å². The molecule has 0 radical (unpaired) electrons. The summed E-state index contributed by atoms with van der Waals surface area (Å²) in [5.41, 5.74) is 10.3. The molecule has 35 heavy (non-hydrogen) atoms. The summed E-state index contributed by atoms with van der Waals surface area (Å²) in [4.78, 5) is 30.8. The molecule has 3 heterocycles. The number of rotatable bonds is 4. The Kier molecular flexibility index (Phi) is 6.12. The number of hydrogen-bond acceptors (Lipinski definition) is 5. The van der Waals surface area contributed by atoms with E-state index in [1.165, 1.54) is 0 Å². The highest BCUT2D eigenvalue weighted by molar-refractivity contribution is 6.34. The lowest BCUT2D eigenvalue weighted by atomic mass is 9.82. The van der Waals surface area contributed by atoms with Gasteiger partial charge in [-0.2, -0.15) is 0 Å². The van der Waals surface area contributed by atoms with Gasteiger partial charge in [-0.25, -0.2) is 0 Å². The monoisotopic (exact) mass is 499 g/mol. The second kappa shape index (κ2) is 8.86. The van der Waals surface area contributed by atoms with Crippen LogP contribution in [-0.2, 0) is 13.0 Å². The van der Waals surface area contributed by atoms with Crippen molar-refractivity contribution in [3.63, 3.8) is 0 Å². The zero-order chi connectivity index (χ0) is 25.1. The molecule has 7 nitrogen and oxygen atoms in total. The number of aromatic amines is 1. The molecule has 188 valence electrons. The van der Waals surface area contributed by atoms with Crippen LogP contribution < -0.4 is 20.8 Å². The molecular formula is C27H34ClN3O4. The number of pyridine rings is 1. The molecule has 5 rings (SSSR count). The second-order valence-electron chi connectivity index (χ2n) is 10.7. The highest BCUT2D eigenvalue weighted by Gasteiger charge is 2.44. The lowest BCUT2D eigenvalue weighted by Gasteiger charge is -2.32. The van der Waals surface area contributed by atoms with Crippen LogP contribution in [0.5, 0.6) is 11.5 Å². The summed E-state index contributed by atoms with van der Waals surface area (Å²) in [6.45, 7) is 8.35. The van der Waals surface area contributed by atoms with E-state index in [0.717, 1.165) is 54.5 Å². The van der Waals surface area contributed by atoms with Gasteiger partial charge in [0.25, 0.3) is 11.5 Å². The first kappa shape index (κ1) is 24.2. The third-order valence-electron chi connectivity index (χ3n) is 7.85. The van der Waals surface area contributed by atoms with Crippen molar-refractivity contribution in [2.45, 2.75) is 84.6 Å². The number of halogens is 1. The maximum atomic E-state index is 13.6. The molecule has 1 aliphatic carbocycles. The van der Waals surface area contributed by atoms with Gasteiger partial charge >= 0.3 is 0 Å². The van der Waals surface area contributed by atoms with E-state index < -0.39 is 5.79 Å². The van der Waals surface area contributed by atoms with E-state index in [4.69, 9.17) is 26.8 Å². The van der Waals surface area contributed by atoms with Crippen LogP contribution in [-0.4, -0.2) is 34.2 Å². The van der Waals surface area contributed by atoms with E-state index in [-0.39, 0.29) is 18.0 Å². The zero-order valence-corrected chi connectivity index (χ0v) is 21.7. The van der Waals surface area contributed by atoms with Crippen molar-refractivity contribution in [2.24, 2.45) is 11.7 Å². The molecule has 1 atom stereocenters. The van der Waals surface area contributed by atoms with Crippen LogP contribution >= 0.6 is 11.6 Å². The number of carbonyl (C=O) groups is 1. The van der Waals surface area contributed by atoms with Gasteiger partial charge in [-0.1, -0.05) is 11.6 Å². The average molecular weight is 500 g/mol. The summed E-state index contributed by atoms with van der Waals surface area (Å²) >= 11 is 6.83. The summed E-state index contributed by atoms with van der Waals surface area (Å²) in [6, 6.07) is 2.22. The minimum atomic E-state index is -0.818. The third kappa shape index (κ3) is 4.33. The van der Waals surface area contributed by atoms with Crippen molar-refractivity contribution in [1.82, 2.24) is 9.88 Å². The molecule has 3 aliphatic rings. The molecular weight excluding hydrogens is 466 g/mol. The van der Waals surface area contributed by atoms with Gasteiger partial charge in [-0.15, -0.1) is 0 Å². The van der Waals surface area contributed by atoms with Crippen molar-refractivity contribution in [3.05, 3.63) is 55.0 Å². The molecule has 0 spiro atoms. The van der Waals surface area contributed by atoms with Gasteiger partial charge in [-0.05, 0) is 76.0 Å². The number of ether oxygens (including phenoxy) is 2. The van der Waals surface area contributed by atoms with E-state index >= 15 is 0 Å². The summed E-state index contributed by atoms with van der Waals surface area (Å²) in [5.74, 6) is 0.636. The normalized spacial score (nSPS) is 25.7. The van der Waals surface area contributed by atoms with Crippen molar-refractivity contribution in [3.8, 4) is 11.5 Å². The second-order valence-corrected chi connectivity index (χ2v) is 11.1. The van der Waals surface area contributed by atoms with Crippen molar-refractivity contribution in [1.29, 1.82) is 0 Å². The Morgan fingerprint density at radius 2 is 1.83 bits per heavy atom. The van der Waals surface area contributed by atoms with Crippen LogP contribution in [0.25, 0.3) is 0 Å². The SMILES string of the molecule is Cc1cc(C)c(CN2CCc3c(Cl)c4c(c(C)c3C2=O)OC(C)(CC2CCC(N)CC2)O4)c(=O)[nH]1. The zero-order valence-electron chi connectivity index (χ0n) is 20.9. The molecule has 1 unspecified atom stereocenters. The lowest BCUT2D eigenvalue weighted by molar-refractivity contribution is -0.0830. The number of benzene rings is 1. The smallest absolute Gasteiger partial charge is 0.254 e. The number of nitrogens with two attached hydrogens (primary N) is 1. The molecule has 1 amide bonds. The fourth-order valence-corrected chi connectivity index (χ4v) is 6.29. The lowest BCUT2D eigenvalue weighted by Crippen LogP contribution is -2.39.